The van der Waals surface area contributed by atoms with Crippen molar-refractivity contribution in [3.8, 4) is 0 Å². The monoisotopic (exact) mass is 301 g/mol. The molecule has 5 heteroatoms. The smallest absolute Gasteiger partial charge is 0.147 e. The van der Waals surface area contributed by atoms with Crippen LogP contribution < -0.4 is 5.32 Å². The first-order valence-corrected chi connectivity index (χ1v) is 8.98. The Hall–Kier alpha value is -0.940. The van der Waals surface area contributed by atoms with Crippen LogP contribution in [0.5, 0.6) is 0 Å². The molecule has 0 aliphatic carbocycles. The molecule has 0 saturated carbocycles. The fraction of sp³-hybridized carbons (Fsp3) is 0.600. The third-order valence-corrected chi connectivity index (χ3v) is 4.16. The van der Waals surface area contributed by atoms with E-state index in [0.29, 0.717) is 31.0 Å². The second kappa shape index (κ2) is 7.74. The topological polar surface area (TPSA) is 46.2 Å². The van der Waals surface area contributed by atoms with Gasteiger partial charge in [-0.3, -0.25) is 0 Å². The second-order valence-corrected chi connectivity index (χ2v) is 7.90. The van der Waals surface area contributed by atoms with Gasteiger partial charge in [0.25, 0.3) is 0 Å². The molecule has 0 heterocycles. The Morgan fingerprint density at radius 2 is 1.90 bits per heavy atom. The van der Waals surface area contributed by atoms with Crippen LogP contribution in [0.3, 0.4) is 0 Å². The van der Waals surface area contributed by atoms with E-state index in [1.807, 2.05) is 19.9 Å². The number of hydrogen-bond acceptors (Lipinski definition) is 3. The van der Waals surface area contributed by atoms with E-state index >= 15 is 0 Å². The standard InChI is InChI=1S/C15H24FNO2S/c1-12(2)17-11-13(8-9-20(3,18)19)10-14-6-4-5-7-15(14)16/h4-7,12-13,17H,8-11H2,1-3H3. The molecular weight excluding hydrogens is 277 g/mol. The Labute approximate surface area is 121 Å². The van der Waals surface area contributed by atoms with Gasteiger partial charge in [0.05, 0.1) is 5.75 Å². The van der Waals surface area contributed by atoms with Crippen molar-refractivity contribution in [1.82, 2.24) is 5.32 Å². The number of nitrogens with one attached hydrogen (secondary N) is 1. The molecular formula is C15H24FNO2S. The number of hydrogen-bond donors (Lipinski definition) is 1. The molecule has 0 aliphatic rings. The summed E-state index contributed by atoms with van der Waals surface area (Å²) >= 11 is 0. The molecule has 1 N–H and O–H groups in total. The summed E-state index contributed by atoms with van der Waals surface area (Å²) in [6, 6.07) is 7.01. The largest absolute Gasteiger partial charge is 0.314 e. The SMILES string of the molecule is CC(C)NCC(CCS(C)(=O)=O)Cc1ccccc1F. The van der Waals surface area contributed by atoms with Crippen LogP contribution in [0.25, 0.3) is 0 Å². The summed E-state index contributed by atoms with van der Waals surface area (Å²) in [6.45, 7) is 4.77. The summed E-state index contributed by atoms with van der Waals surface area (Å²) in [5, 5.41) is 3.30. The van der Waals surface area contributed by atoms with Crippen LogP contribution >= 0.6 is 0 Å². The highest BCUT2D eigenvalue weighted by molar-refractivity contribution is 7.90. The van der Waals surface area contributed by atoms with Crippen LogP contribution in [0.2, 0.25) is 0 Å². The summed E-state index contributed by atoms with van der Waals surface area (Å²) in [7, 11) is -2.98. The van der Waals surface area contributed by atoms with E-state index in [-0.39, 0.29) is 17.5 Å². The second-order valence-electron chi connectivity index (χ2n) is 5.64. The van der Waals surface area contributed by atoms with Crippen molar-refractivity contribution in [3.63, 3.8) is 0 Å². The van der Waals surface area contributed by atoms with E-state index < -0.39 is 9.84 Å². The molecule has 0 amide bonds. The van der Waals surface area contributed by atoms with Crippen molar-refractivity contribution in [1.29, 1.82) is 0 Å². The summed E-state index contributed by atoms with van der Waals surface area (Å²) in [4.78, 5) is 0. The molecule has 1 rings (SSSR count). The minimum absolute atomic E-state index is 0.115. The van der Waals surface area contributed by atoms with Crippen molar-refractivity contribution < 1.29 is 12.8 Å². The average Bonchev–Trinajstić information content (AvgIpc) is 2.34. The Morgan fingerprint density at radius 3 is 2.45 bits per heavy atom. The first kappa shape index (κ1) is 17.1. The maximum Gasteiger partial charge on any atom is 0.147 e. The fourth-order valence-electron chi connectivity index (χ4n) is 2.03. The van der Waals surface area contributed by atoms with Crippen LogP contribution in [-0.4, -0.2) is 33.0 Å². The summed E-state index contributed by atoms with van der Waals surface area (Å²) in [6.07, 6.45) is 2.35. The Balaban J connectivity index is 2.69. The van der Waals surface area contributed by atoms with Gasteiger partial charge >= 0.3 is 0 Å². The molecule has 3 nitrogen and oxygen atoms in total. The highest BCUT2D eigenvalue weighted by atomic mass is 32.2. The zero-order valence-electron chi connectivity index (χ0n) is 12.4. The van der Waals surface area contributed by atoms with E-state index in [4.69, 9.17) is 0 Å². The van der Waals surface area contributed by atoms with E-state index in [2.05, 4.69) is 5.32 Å². The van der Waals surface area contributed by atoms with Gasteiger partial charge in [-0.15, -0.1) is 0 Å². The Kier molecular flexibility index (Phi) is 6.62. The summed E-state index contributed by atoms with van der Waals surface area (Å²) in [5.74, 6) is 0.0387. The quantitative estimate of drug-likeness (QED) is 0.802. The van der Waals surface area contributed by atoms with Gasteiger partial charge in [-0.05, 0) is 36.9 Å². The zero-order chi connectivity index (χ0) is 15.2. The average molecular weight is 301 g/mol. The molecule has 0 fully saturated rings. The van der Waals surface area contributed by atoms with Gasteiger partial charge in [-0.25, -0.2) is 12.8 Å². The van der Waals surface area contributed by atoms with Crippen LogP contribution in [-0.2, 0) is 16.3 Å². The molecule has 114 valence electrons. The van der Waals surface area contributed by atoms with Crippen molar-refractivity contribution in [2.75, 3.05) is 18.6 Å². The lowest BCUT2D eigenvalue weighted by molar-refractivity contribution is 0.429. The molecule has 0 aromatic heterocycles. The highest BCUT2D eigenvalue weighted by Gasteiger charge is 2.15. The lowest BCUT2D eigenvalue weighted by Gasteiger charge is -2.19. The molecule has 0 spiro atoms. The van der Waals surface area contributed by atoms with E-state index in [1.54, 1.807) is 12.1 Å². The van der Waals surface area contributed by atoms with Crippen molar-refractivity contribution in [2.24, 2.45) is 5.92 Å². The molecule has 20 heavy (non-hydrogen) atoms. The predicted octanol–water partition coefficient (Wildman–Crippen LogP) is 2.42. The van der Waals surface area contributed by atoms with Crippen LogP contribution in [0.4, 0.5) is 4.39 Å². The molecule has 0 aliphatic heterocycles. The maximum absolute atomic E-state index is 13.7. The van der Waals surface area contributed by atoms with Crippen molar-refractivity contribution in [2.45, 2.75) is 32.7 Å². The molecule has 1 unspecified atom stereocenters. The Bertz CT molecular complexity index is 514. The molecule has 0 bridgehead atoms. The molecule has 0 saturated heterocycles. The van der Waals surface area contributed by atoms with Gasteiger partial charge < -0.3 is 5.32 Å². The minimum atomic E-state index is -2.98. The normalized spacial score (nSPS) is 13.7. The predicted molar refractivity (Wildman–Crippen MR) is 81.1 cm³/mol. The molecule has 1 aromatic carbocycles. The number of benzene rings is 1. The molecule has 1 atom stereocenters. The molecule has 0 radical (unpaired) electrons. The van der Waals surface area contributed by atoms with Gasteiger partial charge in [0, 0.05) is 12.3 Å². The van der Waals surface area contributed by atoms with Crippen molar-refractivity contribution in [3.05, 3.63) is 35.6 Å². The van der Waals surface area contributed by atoms with Gasteiger partial charge in [0.1, 0.15) is 15.7 Å². The fourth-order valence-corrected chi connectivity index (χ4v) is 2.80. The van der Waals surface area contributed by atoms with E-state index in [9.17, 15) is 12.8 Å². The first-order valence-electron chi connectivity index (χ1n) is 6.92. The maximum atomic E-state index is 13.7. The van der Waals surface area contributed by atoms with Gasteiger partial charge in [0.15, 0.2) is 0 Å². The molecule has 1 aromatic rings. The van der Waals surface area contributed by atoms with Crippen LogP contribution in [0.1, 0.15) is 25.8 Å². The number of rotatable bonds is 8. The highest BCUT2D eigenvalue weighted by Crippen LogP contribution is 2.16. The Morgan fingerprint density at radius 1 is 1.25 bits per heavy atom. The van der Waals surface area contributed by atoms with Gasteiger partial charge in [0.2, 0.25) is 0 Å². The van der Waals surface area contributed by atoms with Crippen LogP contribution in [0, 0.1) is 11.7 Å². The zero-order valence-corrected chi connectivity index (χ0v) is 13.2. The van der Waals surface area contributed by atoms with Gasteiger partial charge in [-0.1, -0.05) is 32.0 Å². The first-order chi connectivity index (χ1) is 9.28. The van der Waals surface area contributed by atoms with E-state index in [1.165, 1.54) is 12.3 Å². The number of halogens is 1. The lowest BCUT2D eigenvalue weighted by atomic mass is 9.96. The van der Waals surface area contributed by atoms with Gasteiger partial charge in [-0.2, -0.15) is 0 Å². The third-order valence-electron chi connectivity index (χ3n) is 3.18. The van der Waals surface area contributed by atoms with Crippen molar-refractivity contribution >= 4 is 9.84 Å². The minimum Gasteiger partial charge on any atom is -0.314 e. The summed E-state index contributed by atoms with van der Waals surface area (Å²) < 4.78 is 36.3. The van der Waals surface area contributed by atoms with Crippen LogP contribution in [0.15, 0.2) is 24.3 Å². The third kappa shape index (κ3) is 7.01. The lowest BCUT2D eigenvalue weighted by Crippen LogP contribution is -2.31. The van der Waals surface area contributed by atoms with E-state index in [0.717, 1.165) is 0 Å². The number of sulfone groups is 1. The summed E-state index contributed by atoms with van der Waals surface area (Å²) in [5.41, 5.74) is 0.650.